The number of amides is 2. The molecule has 0 aliphatic carbocycles. The summed E-state index contributed by atoms with van der Waals surface area (Å²) in [4.78, 5) is 26.2. The van der Waals surface area contributed by atoms with E-state index in [1.807, 2.05) is 0 Å². The molecule has 0 unspecified atom stereocenters. The number of carbonyl (C=O) groups is 2. The predicted octanol–water partition coefficient (Wildman–Crippen LogP) is 2.80. The van der Waals surface area contributed by atoms with Gasteiger partial charge < -0.3 is 10.2 Å². The topological polar surface area (TPSA) is 49.4 Å². The maximum Gasteiger partial charge on any atom is 0.226 e. The Morgan fingerprint density at radius 2 is 1.84 bits per heavy atom. The molecule has 3 rings (SSSR count). The summed E-state index contributed by atoms with van der Waals surface area (Å²) in [6, 6.07) is 11.5. The fourth-order valence-electron chi connectivity index (χ4n) is 3.18. The summed E-state index contributed by atoms with van der Waals surface area (Å²) in [7, 11) is 1.63. The van der Waals surface area contributed by atoms with Crippen molar-refractivity contribution in [3.8, 4) is 0 Å². The lowest BCUT2D eigenvalue weighted by Crippen LogP contribution is -2.34. The van der Waals surface area contributed by atoms with Crippen LogP contribution in [0.3, 0.4) is 0 Å². The molecule has 2 atom stereocenters. The average molecular weight is 344 g/mol. The van der Waals surface area contributed by atoms with Crippen LogP contribution in [0.25, 0.3) is 0 Å². The molecule has 130 valence electrons. The Morgan fingerprint density at radius 3 is 2.52 bits per heavy atom. The second kappa shape index (κ2) is 7.01. The van der Waals surface area contributed by atoms with E-state index in [4.69, 9.17) is 0 Å². The molecule has 6 heteroatoms. The van der Waals surface area contributed by atoms with E-state index < -0.39 is 17.8 Å². The normalized spacial score (nSPS) is 20.0. The van der Waals surface area contributed by atoms with Crippen molar-refractivity contribution in [1.29, 1.82) is 0 Å². The Bertz CT molecular complexity index is 792. The first kappa shape index (κ1) is 17.1. The molecule has 2 aromatic carbocycles. The van der Waals surface area contributed by atoms with E-state index in [1.54, 1.807) is 37.4 Å². The van der Waals surface area contributed by atoms with Gasteiger partial charge in [-0.05, 0) is 23.8 Å². The van der Waals surface area contributed by atoms with Gasteiger partial charge in [-0.2, -0.15) is 0 Å². The molecule has 1 aliphatic heterocycles. The monoisotopic (exact) mass is 344 g/mol. The Balaban J connectivity index is 1.76. The van der Waals surface area contributed by atoms with Crippen molar-refractivity contribution in [3.63, 3.8) is 0 Å². The van der Waals surface area contributed by atoms with Gasteiger partial charge in [0.15, 0.2) is 0 Å². The fraction of sp³-hybridized carbons (Fsp3) is 0.263. The Morgan fingerprint density at radius 1 is 1.16 bits per heavy atom. The van der Waals surface area contributed by atoms with Crippen LogP contribution in [0, 0.1) is 17.6 Å². The molecular weight excluding hydrogens is 326 g/mol. The van der Waals surface area contributed by atoms with Gasteiger partial charge in [-0.15, -0.1) is 0 Å². The highest BCUT2D eigenvalue weighted by molar-refractivity contribution is 5.90. The van der Waals surface area contributed by atoms with Gasteiger partial charge in [0.1, 0.15) is 11.6 Å². The molecule has 25 heavy (non-hydrogen) atoms. The second-order valence-electron chi connectivity index (χ2n) is 6.12. The van der Waals surface area contributed by atoms with Crippen LogP contribution in [0.5, 0.6) is 0 Å². The predicted molar refractivity (Wildman–Crippen MR) is 88.3 cm³/mol. The third-order valence-corrected chi connectivity index (χ3v) is 4.55. The quantitative estimate of drug-likeness (QED) is 0.927. The first-order valence-corrected chi connectivity index (χ1v) is 7.99. The van der Waals surface area contributed by atoms with Gasteiger partial charge >= 0.3 is 0 Å². The highest BCUT2D eigenvalue weighted by Gasteiger charge is 2.42. The summed E-state index contributed by atoms with van der Waals surface area (Å²) in [5.41, 5.74) is 1.08. The summed E-state index contributed by atoms with van der Waals surface area (Å²) in [6.45, 7) is 0.0516. The third-order valence-electron chi connectivity index (χ3n) is 4.55. The van der Waals surface area contributed by atoms with Gasteiger partial charge in [-0.25, -0.2) is 8.78 Å². The number of likely N-dealkylation sites (tertiary alicyclic amines) is 1. The largest absolute Gasteiger partial charge is 0.352 e. The first-order chi connectivity index (χ1) is 12.0. The lowest BCUT2D eigenvalue weighted by Gasteiger charge is -2.25. The van der Waals surface area contributed by atoms with Crippen LogP contribution in [-0.4, -0.2) is 23.8 Å². The zero-order valence-electron chi connectivity index (χ0n) is 13.7. The summed E-state index contributed by atoms with van der Waals surface area (Å²) in [6.07, 6.45) is 0.0711. The Kier molecular flexibility index (Phi) is 4.79. The minimum Gasteiger partial charge on any atom is -0.352 e. The summed E-state index contributed by atoms with van der Waals surface area (Å²) < 4.78 is 26.8. The van der Waals surface area contributed by atoms with Gasteiger partial charge in [0.05, 0.1) is 12.0 Å². The van der Waals surface area contributed by atoms with Crippen LogP contribution in [0.2, 0.25) is 0 Å². The van der Waals surface area contributed by atoms with Crippen LogP contribution >= 0.6 is 0 Å². The van der Waals surface area contributed by atoms with Gasteiger partial charge in [0.25, 0.3) is 0 Å². The van der Waals surface area contributed by atoms with Crippen LogP contribution < -0.4 is 5.32 Å². The van der Waals surface area contributed by atoms with Gasteiger partial charge in [-0.1, -0.05) is 30.3 Å². The van der Waals surface area contributed by atoms with Crippen LogP contribution in [-0.2, 0) is 16.1 Å². The average Bonchev–Trinajstić information content (AvgIpc) is 2.90. The molecular formula is C19H18F2N2O2. The number of rotatable bonds is 4. The Labute approximate surface area is 144 Å². The Hall–Kier alpha value is -2.76. The van der Waals surface area contributed by atoms with Crippen molar-refractivity contribution in [2.45, 2.75) is 19.0 Å². The van der Waals surface area contributed by atoms with Crippen molar-refractivity contribution >= 4 is 11.8 Å². The van der Waals surface area contributed by atoms with Crippen molar-refractivity contribution in [3.05, 3.63) is 71.3 Å². The second-order valence-corrected chi connectivity index (χ2v) is 6.12. The maximum atomic E-state index is 13.7. The lowest BCUT2D eigenvalue weighted by atomic mass is 9.93. The number of nitrogens with one attached hydrogen (secondary N) is 1. The molecule has 1 heterocycles. The van der Waals surface area contributed by atoms with E-state index in [0.717, 1.165) is 0 Å². The van der Waals surface area contributed by atoms with E-state index in [1.165, 1.54) is 23.1 Å². The van der Waals surface area contributed by atoms with Gasteiger partial charge in [-0.3, -0.25) is 9.59 Å². The summed E-state index contributed by atoms with van der Waals surface area (Å²) >= 11 is 0. The molecule has 1 N–H and O–H groups in total. The zero-order chi connectivity index (χ0) is 18.0. The van der Waals surface area contributed by atoms with E-state index >= 15 is 0 Å². The van der Waals surface area contributed by atoms with Gasteiger partial charge in [0, 0.05) is 25.6 Å². The van der Waals surface area contributed by atoms with E-state index in [-0.39, 0.29) is 30.6 Å². The standard InChI is InChI=1S/C19H18F2N2O2/c1-23-17(24)10-15(18(23)12-6-8-14(20)9-7-12)19(25)22-11-13-4-2-3-5-16(13)21/h2-9,15,18H,10-11H2,1H3,(H,22,25)/t15-,18+/m0/s1. The van der Waals surface area contributed by atoms with E-state index in [0.29, 0.717) is 11.1 Å². The van der Waals surface area contributed by atoms with Gasteiger partial charge in [0.2, 0.25) is 11.8 Å². The van der Waals surface area contributed by atoms with Crippen molar-refractivity contribution in [2.24, 2.45) is 5.92 Å². The van der Waals surface area contributed by atoms with Crippen molar-refractivity contribution < 1.29 is 18.4 Å². The van der Waals surface area contributed by atoms with Crippen molar-refractivity contribution in [2.75, 3.05) is 7.05 Å². The molecule has 0 saturated carbocycles. The first-order valence-electron chi connectivity index (χ1n) is 7.99. The molecule has 0 aromatic heterocycles. The highest BCUT2D eigenvalue weighted by atomic mass is 19.1. The molecule has 2 aromatic rings. The van der Waals surface area contributed by atoms with Crippen LogP contribution in [0.4, 0.5) is 8.78 Å². The fourth-order valence-corrected chi connectivity index (χ4v) is 3.18. The number of halogens is 2. The number of carbonyl (C=O) groups excluding carboxylic acids is 2. The SMILES string of the molecule is CN1C(=O)C[C@H](C(=O)NCc2ccccc2F)[C@H]1c1ccc(F)cc1. The number of nitrogens with zero attached hydrogens (tertiary/aromatic N) is 1. The van der Waals surface area contributed by atoms with Crippen molar-refractivity contribution in [1.82, 2.24) is 10.2 Å². The third kappa shape index (κ3) is 3.52. The molecule has 4 nitrogen and oxygen atoms in total. The lowest BCUT2D eigenvalue weighted by molar-refractivity contribution is -0.128. The molecule has 2 amide bonds. The number of hydrogen-bond donors (Lipinski definition) is 1. The molecule has 0 spiro atoms. The van der Waals surface area contributed by atoms with E-state index in [9.17, 15) is 18.4 Å². The minimum absolute atomic E-state index is 0.0516. The molecule has 0 bridgehead atoms. The summed E-state index contributed by atoms with van der Waals surface area (Å²) in [5.74, 6) is -1.85. The molecule has 0 radical (unpaired) electrons. The van der Waals surface area contributed by atoms with E-state index in [2.05, 4.69) is 5.32 Å². The molecule has 1 aliphatic rings. The number of benzene rings is 2. The van der Waals surface area contributed by atoms with Crippen LogP contribution in [0.1, 0.15) is 23.6 Å². The molecule has 1 fully saturated rings. The smallest absolute Gasteiger partial charge is 0.226 e. The van der Waals surface area contributed by atoms with Crippen LogP contribution in [0.15, 0.2) is 48.5 Å². The molecule has 1 saturated heterocycles. The minimum atomic E-state index is -0.602. The highest BCUT2D eigenvalue weighted by Crippen LogP contribution is 2.37. The summed E-state index contributed by atoms with van der Waals surface area (Å²) in [5, 5.41) is 2.70. The number of hydrogen-bond acceptors (Lipinski definition) is 2. The maximum absolute atomic E-state index is 13.7. The zero-order valence-corrected chi connectivity index (χ0v) is 13.7.